The predicted octanol–water partition coefficient (Wildman–Crippen LogP) is 2.39. The number of esters is 1. The number of amides is 1. The highest BCUT2D eigenvalue weighted by Crippen LogP contribution is 2.22. The Labute approximate surface area is 148 Å². The van der Waals surface area contributed by atoms with E-state index in [0.717, 1.165) is 0 Å². The minimum atomic E-state index is -1.14. The summed E-state index contributed by atoms with van der Waals surface area (Å²) in [4.78, 5) is 36.6. The van der Waals surface area contributed by atoms with Gasteiger partial charge in [0.25, 0.3) is 5.91 Å². The number of likely N-dealkylation sites (N-methyl/N-ethyl adjacent to an activating group) is 1. The summed E-state index contributed by atoms with van der Waals surface area (Å²) >= 11 is 6.11. The van der Waals surface area contributed by atoms with E-state index in [1.165, 1.54) is 18.1 Å². The first kappa shape index (κ1) is 20.2. The van der Waals surface area contributed by atoms with Crippen LogP contribution >= 0.6 is 11.6 Å². The molecule has 1 heterocycles. The molecule has 0 aliphatic rings. The van der Waals surface area contributed by atoms with Gasteiger partial charge in [0.15, 0.2) is 5.69 Å². The van der Waals surface area contributed by atoms with Gasteiger partial charge >= 0.3 is 5.97 Å². The van der Waals surface area contributed by atoms with Crippen molar-refractivity contribution in [2.45, 2.75) is 40.2 Å². The van der Waals surface area contributed by atoms with Crippen LogP contribution in [-0.4, -0.2) is 59.0 Å². The summed E-state index contributed by atoms with van der Waals surface area (Å²) in [7, 11) is 1.52. The first-order chi connectivity index (χ1) is 11.2. The molecular formula is C16H25ClN4O3. The normalized spacial score (nSPS) is 11.1. The largest absolute Gasteiger partial charge is 0.464 e. The zero-order chi connectivity index (χ0) is 18.5. The van der Waals surface area contributed by atoms with Gasteiger partial charge in [-0.05, 0) is 34.6 Å². The molecule has 1 rings (SSSR count). The lowest BCUT2D eigenvalue weighted by Crippen LogP contribution is -2.52. The van der Waals surface area contributed by atoms with Gasteiger partial charge in [0.1, 0.15) is 5.54 Å². The summed E-state index contributed by atoms with van der Waals surface area (Å²) in [6, 6.07) is 0. The van der Waals surface area contributed by atoms with Crippen molar-refractivity contribution in [2.75, 3.05) is 31.6 Å². The van der Waals surface area contributed by atoms with Crippen LogP contribution in [0.25, 0.3) is 0 Å². The third kappa shape index (κ3) is 4.14. The van der Waals surface area contributed by atoms with Gasteiger partial charge in [0.05, 0.1) is 17.8 Å². The number of hydrogen-bond acceptors (Lipinski definition) is 6. The number of hydrogen-bond donors (Lipinski definition) is 0. The number of carbonyl (C=O) groups is 2. The van der Waals surface area contributed by atoms with Crippen LogP contribution in [0.1, 0.15) is 45.1 Å². The Hall–Kier alpha value is -1.89. The highest BCUT2D eigenvalue weighted by atomic mass is 35.5. The van der Waals surface area contributed by atoms with E-state index >= 15 is 0 Å². The molecule has 0 fully saturated rings. The van der Waals surface area contributed by atoms with Crippen molar-refractivity contribution in [1.82, 2.24) is 14.9 Å². The van der Waals surface area contributed by atoms with Gasteiger partial charge < -0.3 is 14.5 Å². The molecule has 8 heteroatoms. The van der Waals surface area contributed by atoms with Crippen molar-refractivity contribution in [3.05, 3.63) is 16.9 Å². The maximum Gasteiger partial charge on any atom is 0.331 e. The van der Waals surface area contributed by atoms with E-state index in [9.17, 15) is 9.59 Å². The Balaban J connectivity index is 3.18. The first-order valence-corrected chi connectivity index (χ1v) is 8.31. The Kier molecular flexibility index (Phi) is 6.95. The van der Waals surface area contributed by atoms with E-state index in [0.29, 0.717) is 19.0 Å². The van der Waals surface area contributed by atoms with Crippen molar-refractivity contribution in [3.63, 3.8) is 0 Å². The molecule has 0 atom stereocenters. The molecule has 24 heavy (non-hydrogen) atoms. The zero-order valence-corrected chi connectivity index (χ0v) is 15.8. The van der Waals surface area contributed by atoms with Gasteiger partial charge in [0, 0.05) is 20.1 Å². The Morgan fingerprint density at radius 2 is 1.83 bits per heavy atom. The summed E-state index contributed by atoms with van der Waals surface area (Å²) in [6.07, 6.45) is 1.40. The Morgan fingerprint density at radius 3 is 2.33 bits per heavy atom. The fraction of sp³-hybridized carbons (Fsp3) is 0.625. The average Bonchev–Trinajstić information content (AvgIpc) is 2.56. The minimum Gasteiger partial charge on any atom is -0.464 e. The predicted molar refractivity (Wildman–Crippen MR) is 93.4 cm³/mol. The van der Waals surface area contributed by atoms with Crippen LogP contribution < -0.4 is 4.90 Å². The smallest absolute Gasteiger partial charge is 0.331 e. The molecule has 0 radical (unpaired) electrons. The number of nitrogens with zero attached hydrogens (tertiary/aromatic N) is 4. The number of halogens is 1. The average molecular weight is 357 g/mol. The third-order valence-electron chi connectivity index (χ3n) is 3.90. The van der Waals surface area contributed by atoms with Crippen LogP contribution in [-0.2, 0) is 9.53 Å². The molecule has 0 bridgehead atoms. The summed E-state index contributed by atoms with van der Waals surface area (Å²) in [5.41, 5.74) is -1.08. The summed E-state index contributed by atoms with van der Waals surface area (Å²) in [5, 5.41) is 0.141. The lowest BCUT2D eigenvalue weighted by atomic mass is 10.0. The second-order valence-electron chi connectivity index (χ2n) is 5.68. The van der Waals surface area contributed by atoms with E-state index in [4.69, 9.17) is 16.3 Å². The number of carbonyl (C=O) groups excluding carboxylic acids is 2. The third-order valence-corrected chi connectivity index (χ3v) is 4.17. The van der Waals surface area contributed by atoms with Gasteiger partial charge in [-0.15, -0.1) is 0 Å². The number of rotatable bonds is 7. The molecule has 134 valence electrons. The maximum absolute atomic E-state index is 12.8. The van der Waals surface area contributed by atoms with Crippen LogP contribution in [0.2, 0.25) is 5.02 Å². The zero-order valence-electron chi connectivity index (χ0n) is 15.1. The van der Waals surface area contributed by atoms with E-state index in [1.54, 1.807) is 20.8 Å². The molecule has 0 saturated heterocycles. The summed E-state index contributed by atoms with van der Waals surface area (Å²) < 4.78 is 5.03. The van der Waals surface area contributed by atoms with E-state index in [2.05, 4.69) is 9.97 Å². The molecule has 0 aromatic carbocycles. The van der Waals surface area contributed by atoms with E-state index in [-0.39, 0.29) is 17.3 Å². The molecule has 0 unspecified atom stereocenters. The van der Waals surface area contributed by atoms with Gasteiger partial charge in [-0.2, -0.15) is 0 Å². The van der Waals surface area contributed by atoms with Gasteiger partial charge in [0.2, 0.25) is 5.95 Å². The number of anilines is 1. The number of aromatic nitrogens is 2. The summed E-state index contributed by atoms with van der Waals surface area (Å²) in [5.74, 6) is -0.529. The SMILES string of the molecule is CCOC(=O)C(C)(C)N(C)C(=O)c1nc(N(CC)CC)ncc1Cl. The molecular weight excluding hydrogens is 332 g/mol. The van der Waals surface area contributed by atoms with Crippen molar-refractivity contribution in [2.24, 2.45) is 0 Å². The lowest BCUT2D eigenvalue weighted by Gasteiger charge is -2.33. The van der Waals surface area contributed by atoms with E-state index in [1.807, 2.05) is 18.7 Å². The molecule has 0 aliphatic heterocycles. The fourth-order valence-electron chi connectivity index (χ4n) is 2.02. The Morgan fingerprint density at radius 1 is 1.25 bits per heavy atom. The molecule has 1 aromatic rings. The van der Waals surface area contributed by atoms with Gasteiger partial charge in [-0.3, -0.25) is 4.79 Å². The van der Waals surface area contributed by atoms with Crippen molar-refractivity contribution in [3.8, 4) is 0 Å². The highest BCUT2D eigenvalue weighted by molar-refractivity contribution is 6.33. The second-order valence-corrected chi connectivity index (χ2v) is 6.09. The van der Waals surface area contributed by atoms with Crippen LogP contribution in [0.5, 0.6) is 0 Å². The first-order valence-electron chi connectivity index (χ1n) is 7.93. The molecule has 7 nitrogen and oxygen atoms in total. The topological polar surface area (TPSA) is 75.6 Å². The summed E-state index contributed by atoms with van der Waals surface area (Å²) in [6.45, 7) is 10.5. The monoisotopic (exact) mass is 356 g/mol. The van der Waals surface area contributed by atoms with Crippen molar-refractivity contribution >= 4 is 29.4 Å². The lowest BCUT2D eigenvalue weighted by molar-refractivity contribution is -0.153. The fourth-order valence-corrected chi connectivity index (χ4v) is 2.20. The molecule has 1 amide bonds. The van der Waals surface area contributed by atoms with Gasteiger partial charge in [-0.25, -0.2) is 14.8 Å². The van der Waals surface area contributed by atoms with Crippen LogP contribution in [0.15, 0.2) is 6.20 Å². The molecule has 1 aromatic heterocycles. The van der Waals surface area contributed by atoms with Crippen molar-refractivity contribution < 1.29 is 14.3 Å². The van der Waals surface area contributed by atoms with Gasteiger partial charge in [-0.1, -0.05) is 11.6 Å². The Bertz CT molecular complexity index is 603. The van der Waals surface area contributed by atoms with E-state index < -0.39 is 17.4 Å². The van der Waals surface area contributed by atoms with Crippen LogP contribution in [0, 0.1) is 0 Å². The maximum atomic E-state index is 12.8. The second kappa shape index (κ2) is 8.28. The van der Waals surface area contributed by atoms with Crippen molar-refractivity contribution in [1.29, 1.82) is 0 Å². The molecule has 0 N–H and O–H groups in total. The molecule has 0 saturated carbocycles. The highest BCUT2D eigenvalue weighted by Gasteiger charge is 2.38. The van der Waals surface area contributed by atoms with Crippen LogP contribution in [0.3, 0.4) is 0 Å². The molecule has 0 aliphatic carbocycles. The van der Waals surface area contributed by atoms with Crippen LogP contribution in [0.4, 0.5) is 5.95 Å². The minimum absolute atomic E-state index is 0.0634. The molecule has 0 spiro atoms. The number of ether oxygens (including phenoxy) is 1. The standard InChI is InChI=1S/C16H25ClN4O3/c1-7-21(8-2)15-18-10-11(17)12(19-15)13(22)20(6)16(4,5)14(23)24-9-3/h10H,7-9H2,1-6H3. The quantitative estimate of drug-likeness (QED) is 0.698.